The molecule has 0 heterocycles. The molecule has 0 fully saturated rings. The number of esters is 1. The monoisotopic (exact) mass is 517 g/mol. The molecule has 0 unspecified atom stereocenters. The van der Waals surface area contributed by atoms with Crippen LogP contribution in [-0.4, -0.2) is 37.0 Å². The maximum Gasteiger partial charge on any atom is 0.412 e. The first-order valence-corrected chi connectivity index (χ1v) is 12.0. The van der Waals surface area contributed by atoms with Crippen LogP contribution in [0.3, 0.4) is 0 Å². The number of rotatable bonds is 13. The summed E-state index contributed by atoms with van der Waals surface area (Å²) in [5.41, 5.74) is 1.25. The first-order chi connectivity index (χ1) is 17.7. The van der Waals surface area contributed by atoms with Gasteiger partial charge in [-0.05, 0) is 68.0 Å². The van der Waals surface area contributed by atoms with Crippen LogP contribution in [0, 0.1) is 17.6 Å². The molecule has 0 bridgehead atoms. The van der Waals surface area contributed by atoms with Crippen LogP contribution in [0.25, 0.3) is 0 Å². The van der Waals surface area contributed by atoms with Gasteiger partial charge in [-0.1, -0.05) is 31.2 Å². The van der Waals surface area contributed by atoms with Crippen LogP contribution in [-0.2, 0) is 14.3 Å². The largest absolute Gasteiger partial charge is 0.491 e. The molecule has 0 saturated heterocycles. The molecule has 2 aromatic carbocycles. The van der Waals surface area contributed by atoms with E-state index in [2.05, 4.69) is 5.32 Å². The minimum atomic E-state index is -0.914. The van der Waals surface area contributed by atoms with Crippen LogP contribution in [0.15, 0.2) is 66.3 Å². The maximum absolute atomic E-state index is 14.0. The van der Waals surface area contributed by atoms with Crippen molar-refractivity contribution in [3.8, 4) is 5.75 Å². The zero-order chi connectivity index (χ0) is 27.2. The lowest BCUT2D eigenvalue weighted by Gasteiger charge is -2.25. The third kappa shape index (κ3) is 10.4. The SMILES string of the molecule is CCOC(=O)/C=C(C)/C=C/CC[C@H](C)[C@@H](OC(=O)Nc1ccc(F)cc1F)c1ccc(OCCO)cc1. The standard InChI is InChI=1S/C28H33F2NO6/c1-4-35-26(33)17-19(2)7-5-6-8-20(3)27(21-9-12-23(13-10-21)36-16-15-32)37-28(34)31-25-14-11-22(29)18-24(25)30/h5,7,9-14,17-18,20,27,32H,4,6,8,15-16H2,1-3H3,(H,31,34)/b7-5+,19-17+/t20-,27+/m0/s1. The molecule has 0 spiro atoms. The van der Waals surface area contributed by atoms with Gasteiger partial charge in [0.05, 0.1) is 18.9 Å². The molecule has 2 rings (SSSR count). The number of amides is 1. The summed E-state index contributed by atoms with van der Waals surface area (Å²) in [6, 6.07) is 9.74. The van der Waals surface area contributed by atoms with Crippen molar-refractivity contribution < 1.29 is 37.7 Å². The third-order valence-corrected chi connectivity index (χ3v) is 5.29. The number of hydrogen-bond donors (Lipinski definition) is 2. The fourth-order valence-corrected chi connectivity index (χ4v) is 3.47. The molecule has 0 aromatic heterocycles. The number of benzene rings is 2. The van der Waals surface area contributed by atoms with Crippen LogP contribution in [0.2, 0.25) is 0 Å². The zero-order valence-corrected chi connectivity index (χ0v) is 21.2. The van der Waals surface area contributed by atoms with Gasteiger partial charge in [-0.15, -0.1) is 0 Å². The molecular weight excluding hydrogens is 484 g/mol. The highest BCUT2D eigenvalue weighted by atomic mass is 19.1. The second-order valence-corrected chi connectivity index (χ2v) is 8.31. The van der Waals surface area contributed by atoms with E-state index in [4.69, 9.17) is 19.3 Å². The van der Waals surface area contributed by atoms with E-state index in [0.717, 1.165) is 17.7 Å². The van der Waals surface area contributed by atoms with E-state index in [1.807, 2.05) is 19.1 Å². The molecular formula is C28H33F2NO6. The lowest BCUT2D eigenvalue weighted by atomic mass is 9.93. The Morgan fingerprint density at radius 2 is 1.86 bits per heavy atom. The van der Waals surface area contributed by atoms with E-state index in [1.165, 1.54) is 6.08 Å². The minimum absolute atomic E-state index is 0.118. The Morgan fingerprint density at radius 3 is 2.51 bits per heavy atom. The molecule has 0 aliphatic heterocycles. The quantitative estimate of drug-likeness (QED) is 0.189. The number of nitrogens with one attached hydrogen (secondary N) is 1. The molecule has 7 nitrogen and oxygen atoms in total. The fourth-order valence-electron chi connectivity index (χ4n) is 3.47. The van der Waals surface area contributed by atoms with Gasteiger partial charge in [0.25, 0.3) is 0 Å². The number of ether oxygens (including phenoxy) is 3. The van der Waals surface area contributed by atoms with E-state index >= 15 is 0 Å². The first kappa shape index (κ1) is 29.5. The molecule has 37 heavy (non-hydrogen) atoms. The predicted octanol–water partition coefficient (Wildman–Crippen LogP) is 6.11. The van der Waals surface area contributed by atoms with E-state index in [1.54, 1.807) is 38.1 Å². The molecule has 0 radical (unpaired) electrons. The van der Waals surface area contributed by atoms with Crippen LogP contribution < -0.4 is 10.1 Å². The number of carbonyl (C=O) groups is 2. The summed E-state index contributed by atoms with van der Waals surface area (Å²) >= 11 is 0. The molecule has 1 amide bonds. The van der Waals surface area contributed by atoms with Crippen molar-refractivity contribution in [2.45, 2.75) is 39.7 Å². The van der Waals surface area contributed by atoms with E-state index in [-0.39, 0.29) is 24.8 Å². The van der Waals surface area contributed by atoms with Crippen molar-refractivity contribution in [1.29, 1.82) is 0 Å². The number of aliphatic hydroxyl groups excluding tert-OH is 1. The van der Waals surface area contributed by atoms with Gasteiger partial charge in [-0.2, -0.15) is 0 Å². The number of aliphatic hydroxyl groups is 1. The molecule has 0 aliphatic rings. The van der Waals surface area contributed by atoms with E-state index in [9.17, 15) is 18.4 Å². The van der Waals surface area contributed by atoms with Crippen LogP contribution >= 0.6 is 0 Å². The zero-order valence-electron chi connectivity index (χ0n) is 21.2. The highest BCUT2D eigenvalue weighted by molar-refractivity contribution is 5.85. The smallest absolute Gasteiger partial charge is 0.412 e. The number of allylic oxidation sites excluding steroid dienone is 3. The Morgan fingerprint density at radius 1 is 1.14 bits per heavy atom. The van der Waals surface area contributed by atoms with Gasteiger partial charge < -0.3 is 19.3 Å². The first-order valence-electron chi connectivity index (χ1n) is 12.0. The summed E-state index contributed by atoms with van der Waals surface area (Å²) in [7, 11) is 0. The van der Waals surface area contributed by atoms with Crippen molar-refractivity contribution >= 4 is 17.7 Å². The summed E-state index contributed by atoms with van der Waals surface area (Å²) in [4.78, 5) is 24.2. The Balaban J connectivity index is 2.11. The van der Waals surface area contributed by atoms with Gasteiger partial charge in [-0.3, -0.25) is 5.32 Å². The lowest BCUT2D eigenvalue weighted by Crippen LogP contribution is -2.22. The van der Waals surface area contributed by atoms with Crippen molar-refractivity contribution in [3.63, 3.8) is 0 Å². The predicted molar refractivity (Wildman–Crippen MR) is 136 cm³/mol. The number of halogens is 2. The third-order valence-electron chi connectivity index (χ3n) is 5.29. The normalized spacial score (nSPS) is 13.2. The summed E-state index contributed by atoms with van der Waals surface area (Å²) in [5, 5.41) is 11.3. The van der Waals surface area contributed by atoms with Crippen molar-refractivity contribution in [3.05, 3.63) is 83.5 Å². The second-order valence-electron chi connectivity index (χ2n) is 8.31. The number of hydrogen-bond acceptors (Lipinski definition) is 6. The van der Waals surface area contributed by atoms with Crippen LogP contribution in [0.4, 0.5) is 19.3 Å². The highest BCUT2D eigenvalue weighted by Gasteiger charge is 2.24. The lowest BCUT2D eigenvalue weighted by molar-refractivity contribution is -0.137. The Hall–Kier alpha value is -3.72. The van der Waals surface area contributed by atoms with Gasteiger partial charge in [0.15, 0.2) is 0 Å². The van der Waals surface area contributed by atoms with Crippen LogP contribution in [0.5, 0.6) is 5.75 Å². The molecule has 2 N–H and O–H groups in total. The molecule has 0 saturated carbocycles. The van der Waals surface area contributed by atoms with Crippen molar-refractivity contribution in [2.75, 3.05) is 25.1 Å². The van der Waals surface area contributed by atoms with Gasteiger partial charge in [0.2, 0.25) is 0 Å². The van der Waals surface area contributed by atoms with Gasteiger partial charge >= 0.3 is 12.1 Å². The maximum atomic E-state index is 14.0. The minimum Gasteiger partial charge on any atom is -0.491 e. The fraction of sp³-hybridized carbons (Fsp3) is 0.357. The number of anilines is 1. The average Bonchev–Trinajstić information content (AvgIpc) is 2.86. The Labute approximate surface area is 215 Å². The average molecular weight is 518 g/mol. The van der Waals surface area contributed by atoms with Gasteiger partial charge in [0, 0.05) is 12.1 Å². The number of carbonyl (C=O) groups excluding carboxylic acids is 2. The Kier molecular flexibility index (Phi) is 12.3. The molecule has 200 valence electrons. The highest BCUT2D eigenvalue weighted by Crippen LogP contribution is 2.31. The summed E-state index contributed by atoms with van der Waals surface area (Å²) in [6.45, 7) is 5.79. The van der Waals surface area contributed by atoms with Crippen molar-refractivity contribution in [1.82, 2.24) is 0 Å². The van der Waals surface area contributed by atoms with Crippen molar-refractivity contribution in [2.24, 2.45) is 5.92 Å². The molecule has 0 aliphatic carbocycles. The van der Waals surface area contributed by atoms with Crippen LogP contribution in [0.1, 0.15) is 45.3 Å². The van der Waals surface area contributed by atoms with E-state index in [0.29, 0.717) is 36.8 Å². The van der Waals surface area contributed by atoms with Gasteiger partial charge in [0.1, 0.15) is 30.1 Å². The topological polar surface area (TPSA) is 94.1 Å². The summed E-state index contributed by atoms with van der Waals surface area (Å²) in [5.74, 6) is -1.67. The molecule has 2 aromatic rings. The Bertz CT molecular complexity index is 1080. The molecule has 9 heteroatoms. The second kappa shape index (κ2) is 15.4. The van der Waals surface area contributed by atoms with E-state index < -0.39 is 29.8 Å². The summed E-state index contributed by atoms with van der Waals surface area (Å²) in [6.07, 6.45) is 4.85. The summed E-state index contributed by atoms with van der Waals surface area (Å²) < 4.78 is 43.1. The molecule has 2 atom stereocenters. The van der Waals surface area contributed by atoms with Gasteiger partial charge in [-0.25, -0.2) is 18.4 Å².